The van der Waals surface area contributed by atoms with Crippen molar-refractivity contribution in [3.05, 3.63) is 0 Å². The summed E-state index contributed by atoms with van der Waals surface area (Å²) in [5.41, 5.74) is -8.65. The topological polar surface area (TPSA) is 49.3 Å². The maximum atomic E-state index is 13.4. The van der Waals surface area contributed by atoms with Gasteiger partial charge in [0.1, 0.15) is 6.23 Å². The molecule has 0 aromatic heterocycles. The van der Waals surface area contributed by atoms with Crippen LogP contribution in [0.1, 0.15) is 6.92 Å². The molecule has 0 bridgehead atoms. The molecular formula is C11H6F17NO2. The van der Waals surface area contributed by atoms with Crippen LogP contribution in [0.5, 0.6) is 0 Å². The molecule has 186 valence electrons. The summed E-state index contributed by atoms with van der Waals surface area (Å²) in [6, 6.07) is 0. The highest BCUT2D eigenvalue weighted by molar-refractivity contribution is 5.85. The van der Waals surface area contributed by atoms with Crippen molar-refractivity contribution in [2.24, 2.45) is 0 Å². The molecule has 20 heteroatoms. The van der Waals surface area contributed by atoms with Gasteiger partial charge in [-0.25, -0.2) is 4.39 Å². The minimum atomic E-state index is -8.89. The van der Waals surface area contributed by atoms with Gasteiger partial charge in [-0.15, -0.1) is 0 Å². The van der Waals surface area contributed by atoms with Crippen molar-refractivity contribution in [2.45, 2.75) is 60.8 Å². The summed E-state index contributed by atoms with van der Waals surface area (Å²) in [6.07, 6.45) is -19.0. The first-order valence-corrected chi connectivity index (χ1v) is 6.79. The number of nitrogens with one attached hydrogen (secondary N) is 1. The van der Waals surface area contributed by atoms with Gasteiger partial charge in [0.15, 0.2) is 0 Å². The Kier molecular flexibility index (Phi) is 6.97. The van der Waals surface area contributed by atoms with E-state index in [9.17, 15) is 79.4 Å². The van der Waals surface area contributed by atoms with Gasteiger partial charge in [-0.2, -0.15) is 70.2 Å². The second kappa shape index (κ2) is 7.39. The van der Waals surface area contributed by atoms with Gasteiger partial charge in [0.2, 0.25) is 0 Å². The fourth-order valence-corrected chi connectivity index (χ4v) is 1.75. The van der Waals surface area contributed by atoms with E-state index in [2.05, 4.69) is 0 Å². The zero-order valence-corrected chi connectivity index (χ0v) is 13.9. The van der Waals surface area contributed by atoms with Crippen LogP contribution in [0, 0.1) is 0 Å². The van der Waals surface area contributed by atoms with Crippen LogP contribution >= 0.6 is 0 Å². The standard InChI is InChI=1S/C11H6F17NO2/c1-2(30)29-3(31)4(12,13)6(15,16)8(19,20)9(21,22)7(17,18)5(14,10(23,24)25)11(26,27)28/h2,30H,1H3,(H,29,31). The third kappa shape index (κ3) is 3.83. The van der Waals surface area contributed by atoms with Crippen molar-refractivity contribution < 1.29 is 84.5 Å². The van der Waals surface area contributed by atoms with E-state index in [0.29, 0.717) is 5.32 Å². The molecule has 3 nitrogen and oxygen atoms in total. The van der Waals surface area contributed by atoms with Crippen LogP contribution in [0.25, 0.3) is 0 Å². The van der Waals surface area contributed by atoms with Crippen LogP contribution in [0.3, 0.4) is 0 Å². The minimum absolute atomic E-state index is 0.261. The van der Waals surface area contributed by atoms with Crippen LogP contribution < -0.4 is 5.32 Å². The molecule has 0 spiro atoms. The lowest BCUT2D eigenvalue weighted by molar-refractivity contribution is -0.463. The summed E-state index contributed by atoms with van der Waals surface area (Å²) >= 11 is 0. The Bertz CT molecular complexity index is 663. The monoisotopic (exact) mass is 507 g/mol. The van der Waals surface area contributed by atoms with Gasteiger partial charge in [-0.3, -0.25) is 4.79 Å². The van der Waals surface area contributed by atoms with Crippen LogP contribution in [-0.2, 0) is 4.79 Å². The number of amides is 1. The van der Waals surface area contributed by atoms with E-state index in [-0.39, 0.29) is 6.92 Å². The summed E-state index contributed by atoms with van der Waals surface area (Å²) in [5, 5.41) is 8.78. The van der Waals surface area contributed by atoms with Gasteiger partial charge in [0, 0.05) is 0 Å². The Morgan fingerprint density at radius 2 is 0.903 bits per heavy atom. The Balaban J connectivity index is 6.92. The van der Waals surface area contributed by atoms with Crippen molar-refractivity contribution >= 4 is 5.91 Å². The number of hydrogen-bond acceptors (Lipinski definition) is 2. The largest absolute Gasteiger partial charge is 0.438 e. The van der Waals surface area contributed by atoms with E-state index in [1.54, 1.807) is 0 Å². The lowest BCUT2D eigenvalue weighted by atomic mass is 9.84. The molecule has 0 fully saturated rings. The predicted molar refractivity (Wildman–Crippen MR) is 60.5 cm³/mol. The zero-order chi connectivity index (χ0) is 25.9. The second-order valence-corrected chi connectivity index (χ2v) is 5.68. The quantitative estimate of drug-likeness (QED) is 0.396. The zero-order valence-electron chi connectivity index (χ0n) is 13.9. The van der Waals surface area contributed by atoms with Crippen LogP contribution in [-0.4, -0.2) is 64.9 Å². The molecule has 0 saturated carbocycles. The molecule has 0 rings (SSSR count). The third-order valence-corrected chi connectivity index (χ3v) is 3.42. The molecule has 1 unspecified atom stereocenters. The first kappa shape index (κ1) is 29.2. The molecule has 2 N–H and O–H groups in total. The highest BCUT2D eigenvalue weighted by atomic mass is 19.4. The number of halogens is 17. The molecule has 1 atom stereocenters. The smallest absolute Gasteiger partial charge is 0.374 e. The molecule has 0 aliphatic heterocycles. The molecule has 0 aliphatic rings. The van der Waals surface area contributed by atoms with E-state index in [0.717, 1.165) is 0 Å². The molecular weight excluding hydrogens is 501 g/mol. The molecule has 0 aromatic rings. The Hall–Kier alpha value is -1.76. The Labute approximate surface area is 158 Å². The maximum Gasteiger partial charge on any atom is 0.438 e. The van der Waals surface area contributed by atoms with Crippen molar-refractivity contribution in [1.29, 1.82) is 0 Å². The fourth-order valence-electron chi connectivity index (χ4n) is 1.75. The first-order valence-electron chi connectivity index (χ1n) is 6.79. The average Bonchev–Trinajstić information content (AvgIpc) is 2.49. The summed E-state index contributed by atoms with van der Waals surface area (Å²) in [5.74, 6) is -45.6. The molecule has 0 radical (unpaired) electrons. The molecule has 0 aliphatic carbocycles. The molecule has 0 saturated heterocycles. The number of hydrogen-bond donors (Lipinski definition) is 2. The Morgan fingerprint density at radius 3 is 1.16 bits per heavy atom. The number of alkyl halides is 17. The predicted octanol–water partition coefficient (Wildman–Crippen LogP) is 4.45. The number of carbonyl (C=O) groups is 1. The van der Waals surface area contributed by atoms with Gasteiger partial charge in [0.05, 0.1) is 0 Å². The van der Waals surface area contributed by atoms with Gasteiger partial charge < -0.3 is 10.4 Å². The van der Waals surface area contributed by atoms with Crippen molar-refractivity contribution in [1.82, 2.24) is 5.32 Å². The van der Waals surface area contributed by atoms with E-state index in [1.807, 2.05) is 0 Å². The molecule has 0 heterocycles. The lowest BCUT2D eigenvalue weighted by Gasteiger charge is -2.44. The number of aliphatic hydroxyl groups is 1. The van der Waals surface area contributed by atoms with Crippen molar-refractivity contribution in [3.63, 3.8) is 0 Å². The highest BCUT2D eigenvalue weighted by Crippen LogP contribution is 2.65. The molecule has 1 amide bonds. The number of aliphatic hydroxyl groups excluding tert-OH is 1. The fraction of sp³-hybridized carbons (Fsp3) is 0.909. The van der Waals surface area contributed by atoms with Gasteiger partial charge in [-0.1, -0.05) is 0 Å². The minimum Gasteiger partial charge on any atom is -0.374 e. The average molecular weight is 507 g/mol. The molecule has 0 aromatic carbocycles. The number of rotatable bonds is 7. The van der Waals surface area contributed by atoms with Gasteiger partial charge >= 0.3 is 47.6 Å². The van der Waals surface area contributed by atoms with Crippen LogP contribution in [0.2, 0.25) is 0 Å². The third-order valence-electron chi connectivity index (χ3n) is 3.42. The molecule has 31 heavy (non-hydrogen) atoms. The first-order chi connectivity index (χ1) is 13.1. The normalized spacial score (nSPS) is 16.9. The van der Waals surface area contributed by atoms with E-state index in [4.69, 9.17) is 5.11 Å². The van der Waals surface area contributed by atoms with Crippen molar-refractivity contribution in [2.75, 3.05) is 0 Å². The summed E-state index contributed by atoms with van der Waals surface area (Å²) in [7, 11) is 0. The van der Waals surface area contributed by atoms with Gasteiger partial charge in [0.25, 0.3) is 5.91 Å². The van der Waals surface area contributed by atoms with E-state index < -0.39 is 59.8 Å². The SMILES string of the molecule is CC(O)NC(=O)C(F)(F)C(F)(F)C(F)(F)C(F)(F)C(F)(F)C(F)(C(F)(F)F)C(F)(F)F. The van der Waals surface area contributed by atoms with Crippen LogP contribution in [0.4, 0.5) is 74.6 Å². The summed E-state index contributed by atoms with van der Waals surface area (Å²) in [4.78, 5) is 10.8. The van der Waals surface area contributed by atoms with Gasteiger partial charge in [-0.05, 0) is 6.92 Å². The maximum absolute atomic E-state index is 13.4. The summed E-state index contributed by atoms with van der Waals surface area (Å²) < 4.78 is 220. The lowest BCUT2D eigenvalue weighted by Crippen LogP contribution is -2.77. The second-order valence-electron chi connectivity index (χ2n) is 5.68. The van der Waals surface area contributed by atoms with E-state index >= 15 is 0 Å². The number of carbonyl (C=O) groups excluding carboxylic acids is 1. The highest BCUT2D eigenvalue weighted by Gasteiger charge is 2.97. The summed E-state index contributed by atoms with van der Waals surface area (Å²) in [6.45, 7) is 0.261. The van der Waals surface area contributed by atoms with E-state index in [1.165, 1.54) is 0 Å². The van der Waals surface area contributed by atoms with Crippen molar-refractivity contribution in [3.8, 4) is 0 Å². The Morgan fingerprint density at radius 1 is 0.613 bits per heavy atom. The van der Waals surface area contributed by atoms with Crippen LogP contribution in [0.15, 0.2) is 0 Å².